The topological polar surface area (TPSA) is 60.9 Å². The van der Waals surface area contributed by atoms with E-state index in [0.29, 0.717) is 12.6 Å². The quantitative estimate of drug-likeness (QED) is 0.716. The highest BCUT2D eigenvalue weighted by Crippen LogP contribution is 2.30. The van der Waals surface area contributed by atoms with Crippen LogP contribution in [0.15, 0.2) is 17.1 Å². The lowest BCUT2D eigenvalue weighted by molar-refractivity contribution is 0.295. The SMILES string of the molecule is NCc1ccnc(=O)n1C1CCC1. The van der Waals surface area contributed by atoms with Crippen molar-refractivity contribution in [3.05, 3.63) is 28.4 Å². The summed E-state index contributed by atoms with van der Waals surface area (Å²) in [6.45, 7) is 0.411. The maximum Gasteiger partial charge on any atom is 0.348 e. The summed E-state index contributed by atoms with van der Waals surface area (Å²) in [7, 11) is 0. The lowest BCUT2D eigenvalue weighted by Crippen LogP contribution is -2.33. The van der Waals surface area contributed by atoms with Crippen LogP contribution in [0.1, 0.15) is 31.0 Å². The Morgan fingerprint density at radius 3 is 2.92 bits per heavy atom. The average Bonchev–Trinajstić information content (AvgIpc) is 2.05. The second-order valence-electron chi connectivity index (χ2n) is 3.38. The Morgan fingerprint density at radius 1 is 1.62 bits per heavy atom. The third-order valence-electron chi connectivity index (χ3n) is 2.62. The van der Waals surface area contributed by atoms with E-state index in [9.17, 15) is 4.79 Å². The van der Waals surface area contributed by atoms with Gasteiger partial charge < -0.3 is 5.73 Å². The molecule has 0 unspecified atom stereocenters. The van der Waals surface area contributed by atoms with Crippen LogP contribution < -0.4 is 11.4 Å². The molecule has 0 atom stereocenters. The predicted molar refractivity (Wildman–Crippen MR) is 49.3 cm³/mol. The van der Waals surface area contributed by atoms with E-state index in [1.54, 1.807) is 4.57 Å². The van der Waals surface area contributed by atoms with Crippen LogP contribution >= 0.6 is 0 Å². The molecule has 0 aromatic carbocycles. The molecule has 4 heteroatoms. The molecular formula is C9H13N3O. The van der Waals surface area contributed by atoms with Gasteiger partial charge >= 0.3 is 5.69 Å². The highest BCUT2D eigenvalue weighted by molar-refractivity contribution is 5.03. The van der Waals surface area contributed by atoms with Gasteiger partial charge in [0.05, 0.1) is 0 Å². The fourth-order valence-electron chi connectivity index (χ4n) is 1.65. The monoisotopic (exact) mass is 179 g/mol. The molecule has 70 valence electrons. The van der Waals surface area contributed by atoms with E-state index in [2.05, 4.69) is 4.98 Å². The number of nitrogens with two attached hydrogens (primary N) is 1. The van der Waals surface area contributed by atoms with Gasteiger partial charge in [-0.25, -0.2) is 9.78 Å². The molecule has 1 heterocycles. The first-order chi connectivity index (χ1) is 6.33. The molecule has 1 aromatic rings. The first-order valence-electron chi connectivity index (χ1n) is 4.59. The molecule has 0 aliphatic heterocycles. The van der Waals surface area contributed by atoms with Gasteiger partial charge in [0.15, 0.2) is 0 Å². The zero-order valence-corrected chi connectivity index (χ0v) is 7.44. The summed E-state index contributed by atoms with van der Waals surface area (Å²) < 4.78 is 1.74. The molecule has 4 nitrogen and oxygen atoms in total. The van der Waals surface area contributed by atoms with E-state index < -0.39 is 0 Å². The summed E-state index contributed by atoms with van der Waals surface area (Å²) in [5.74, 6) is 0. The van der Waals surface area contributed by atoms with Crippen molar-refractivity contribution in [3.63, 3.8) is 0 Å². The normalized spacial score (nSPS) is 17.0. The number of aromatic nitrogens is 2. The number of rotatable bonds is 2. The van der Waals surface area contributed by atoms with E-state index in [-0.39, 0.29) is 5.69 Å². The van der Waals surface area contributed by atoms with Crippen LogP contribution in [0, 0.1) is 0 Å². The van der Waals surface area contributed by atoms with Gasteiger partial charge in [-0.3, -0.25) is 4.57 Å². The Morgan fingerprint density at radius 2 is 2.38 bits per heavy atom. The van der Waals surface area contributed by atoms with Crippen LogP contribution in [-0.2, 0) is 6.54 Å². The molecule has 1 fully saturated rings. The lowest BCUT2D eigenvalue weighted by Gasteiger charge is -2.29. The summed E-state index contributed by atoms with van der Waals surface area (Å²) >= 11 is 0. The van der Waals surface area contributed by atoms with E-state index in [1.807, 2.05) is 6.07 Å². The van der Waals surface area contributed by atoms with Crippen molar-refractivity contribution < 1.29 is 0 Å². The van der Waals surface area contributed by atoms with Crippen molar-refractivity contribution in [3.8, 4) is 0 Å². The van der Waals surface area contributed by atoms with Gasteiger partial charge in [0.25, 0.3) is 0 Å². The van der Waals surface area contributed by atoms with Gasteiger partial charge in [0.2, 0.25) is 0 Å². The van der Waals surface area contributed by atoms with Crippen LogP contribution in [0.25, 0.3) is 0 Å². The molecule has 13 heavy (non-hydrogen) atoms. The van der Waals surface area contributed by atoms with Crippen LogP contribution in [0.3, 0.4) is 0 Å². The van der Waals surface area contributed by atoms with E-state index in [4.69, 9.17) is 5.73 Å². The average molecular weight is 179 g/mol. The molecule has 1 aromatic heterocycles. The second-order valence-corrected chi connectivity index (χ2v) is 3.38. The van der Waals surface area contributed by atoms with Crippen LogP contribution in [-0.4, -0.2) is 9.55 Å². The maximum absolute atomic E-state index is 11.4. The lowest BCUT2D eigenvalue weighted by atomic mass is 9.92. The molecule has 1 aliphatic carbocycles. The summed E-state index contributed by atoms with van der Waals surface area (Å²) in [5, 5.41) is 0. The summed E-state index contributed by atoms with van der Waals surface area (Å²) in [6, 6.07) is 2.17. The number of hydrogen-bond donors (Lipinski definition) is 1. The minimum atomic E-state index is -0.160. The third kappa shape index (κ3) is 1.37. The summed E-state index contributed by atoms with van der Waals surface area (Å²) in [5.41, 5.74) is 6.28. The van der Waals surface area contributed by atoms with E-state index in [1.165, 1.54) is 12.6 Å². The first kappa shape index (κ1) is 8.44. The van der Waals surface area contributed by atoms with Gasteiger partial charge in [-0.1, -0.05) is 0 Å². The Balaban J connectivity index is 2.45. The Bertz CT molecular complexity index is 354. The highest BCUT2D eigenvalue weighted by Gasteiger charge is 2.22. The summed E-state index contributed by atoms with van der Waals surface area (Å²) in [6.07, 6.45) is 4.90. The van der Waals surface area contributed by atoms with Crippen molar-refractivity contribution in [1.82, 2.24) is 9.55 Å². The van der Waals surface area contributed by atoms with Crippen molar-refractivity contribution in [1.29, 1.82) is 0 Å². The molecule has 1 aliphatic rings. The largest absolute Gasteiger partial charge is 0.348 e. The van der Waals surface area contributed by atoms with Crippen LogP contribution in [0.5, 0.6) is 0 Å². The van der Waals surface area contributed by atoms with Crippen molar-refractivity contribution in [2.45, 2.75) is 31.8 Å². The van der Waals surface area contributed by atoms with E-state index in [0.717, 1.165) is 18.5 Å². The number of nitrogens with zero attached hydrogens (tertiary/aromatic N) is 2. The van der Waals surface area contributed by atoms with E-state index >= 15 is 0 Å². The fraction of sp³-hybridized carbons (Fsp3) is 0.556. The molecule has 2 rings (SSSR count). The Kier molecular flexibility index (Phi) is 2.14. The maximum atomic E-state index is 11.4. The van der Waals surface area contributed by atoms with Gasteiger partial charge in [-0.15, -0.1) is 0 Å². The number of hydrogen-bond acceptors (Lipinski definition) is 3. The zero-order valence-electron chi connectivity index (χ0n) is 7.44. The Hall–Kier alpha value is -1.16. The van der Waals surface area contributed by atoms with Crippen molar-refractivity contribution in [2.24, 2.45) is 5.73 Å². The molecule has 0 saturated heterocycles. The van der Waals surface area contributed by atoms with Gasteiger partial charge in [-0.2, -0.15) is 0 Å². The second kappa shape index (κ2) is 3.30. The van der Waals surface area contributed by atoms with Gasteiger partial charge in [0, 0.05) is 24.5 Å². The zero-order chi connectivity index (χ0) is 9.26. The minimum absolute atomic E-state index is 0.160. The van der Waals surface area contributed by atoms with Crippen LogP contribution in [0.2, 0.25) is 0 Å². The Labute approximate surface area is 76.4 Å². The third-order valence-corrected chi connectivity index (χ3v) is 2.62. The van der Waals surface area contributed by atoms with Gasteiger partial charge in [-0.05, 0) is 25.3 Å². The predicted octanol–water partition coefficient (Wildman–Crippen LogP) is 0.427. The van der Waals surface area contributed by atoms with Crippen LogP contribution in [0.4, 0.5) is 0 Å². The van der Waals surface area contributed by atoms with Gasteiger partial charge in [0.1, 0.15) is 0 Å². The smallest absolute Gasteiger partial charge is 0.325 e. The molecule has 0 spiro atoms. The fourth-order valence-corrected chi connectivity index (χ4v) is 1.65. The first-order valence-corrected chi connectivity index (χ1v) is 4.59. The molecule has 0 amide bonds. The van der Waals surface area contributed by atoms with Crippen molar-refractivity contribution >= 4 is 0 Å². The highest BCUT2D eigenvalue weighted by atomic mass is 16.1. The molecule has 0 bridgehead atoms. The standard InChI is InChI=1S/C9H13N3O/c10-6-8-4-5-11-9(13)12(8)7-2-1-3-7/h4-5,7H,1-3,6,10H2. The molecule has 2 N–H and O–H groups in total. The summed E-state index contributed by atoms with van der Waals surface area (Å²) in [4.78, 5) is 15.2. The van der Waals surface area contributed by atoms with Crippen molar-refractivity contribution in [2.75, 3.05) is 0 Å². The molecule has 1 saturated carbocycles. The minimum Gasteiger partial charge on any atom is -0.325 e. The molecule has 0 radical (unpaired) electrons. The molecular weight excluding hydrogens is 166 g/mol.